The third-order valence-electron chi connectivity index (χ3n) is 5.09. The van der Waals surface area contributed by atoms with Gasteiger partial charge in [-0.05, 0) is 25.0 Å². The number of pyridine rings is 1. The maximum Gasteiger partial charge on any atom is 0.226 e. The summed E-state index contributed by atoms with van der Waals surface area (Å²) in [7, 11) is 0. The molecular formula is C19H28N4O2. The highest BCUT2D eigenvalue weighted by atomic mass is 16.2. The van der Waals surface area contributed by atoms with Gasteiger partial charge in [-0.25, -0.2) is 4.98 Å². The van der Waals surface area contributed by atoms with Crippen LogP contribution in [0, 0.1) is 11.8 Å². The molecule has 0 radical (unpaired) electrons. The van der Waals surface area contributed by atoms with Crippen LogP contribution < -0.4 is 10.2 Å². The Hall–Kier alpha value is -2.11. The molecule has 2 amide bonds. The van der Waals surface area contributed by atoms with E-state index in [1.165, 1.54) is 0 Å². The number of rotatable bonds is 7. The highest BCUT2D eigenvalue weighted by molar-refractivity contribution is 5.92. The molecule has 6 heteroatoms. The highest BCUT2D eigenvalue weighted by Crippen LogP contribution is 2.40. The molecule has 1 aliphatic carbocycles. The van der Waals surface area contributed by atoms with Crippen LogP contribution in [0.15, 0.2) is 24.4 Å². The zero-order valence-electron chi connectivity index (χ0n) is 15.0. The summed E-state index contributed by atoms with van der Waals surface area (Å²) < 4.78 is 0. The Morgan fingerprint density at radius 2 is 1.96 bits per heavy atom. The van der Waals surface area contributed by atoms with Gasteiger partial charge >= 0.3 is 0 Å². The van der Waals surface area contributed by atoms with E-state index in [1.807, 2.05) is 23.1 Å². The first-order valence-electron chi connectivity index (χ1n) is 9.43. The van der Waals surface area contributed by atoms with Crippen molar-refractivity contribution in [2.75, 3.05) is 37.6 Å². The Morgan fingerprint density at radius 3 is 2.64 bits per heavy atom. The van der Waals surface area contributed by atoms with Crippen LogP contribution in [0.2, 0.25) is 0 Å². The average molecular weight is 344 g/mol. The molecule has 2 fully saturated rings. The predicted octanol–water partition coefficient (Wildman–Crippen LogP) is 1.67. The van der Waals surface area contributed by atoms with Crippen LogP contribution in [-0.4, -0.2) is 54.4 Å². The molecule has 2 aliphatic rings. The number of unbranched alkanes of at least 4 members (excludes halogenated alkanes) is 2. The number of nitrogens with zero attached hydrogens (tertiary/aromatic N) is 3. The molecule has 1 saturated heterocycles. The lowest BCUT2D eigenvalue weighted by molar-refractivity contribution is -0.135. The van der Waals surface area contributed by atoms with Crippen molar-refractivity contribution in [3.8, 4) is 0 Å². The fourth-order valence-electron chi connectivity index (χ4n) is 3.41. The lowest BCUT2D eigenvalue weighted by Crippen LogP contribution is -2.49. The summed E-state index contributed by atoms with van der Waals surface area (Å²) in [6.45, 7) is 5.87. The van der Waals surface area contributed by atoms with Gasteiger partial charge in [0.05, 0.1) is 11.8 Å². The molecule has 1 aliphatic heterocycles. The zero-order chi connectivity index (χ0) is 17.6. The Labute approximate surface area is 149 Å². The molecule has 1 N–H and O–H groups in total. The van der Waals surface area contributed by atoms with E-state index < -0.39 is 0 Å². The van der Waals surface area contributed by atoms with Crippen molar-refractivity contribution in [3.63, 3.8) is 0 Å². The van der Waals surface area contributed by atoms with Crippen molar-refractivity contribution in [1.29, 1.82) is 0 Å². The number of anilines is 1. The molecule has 2 atom stereocenters. The number of aromatic nitrogens is 1. The van der Waals surface area contributed by atoms with E-state index >= 15 is 0 Å². The standard InChI is InChI=1S/C19H28N4O2/c1-2-3-5-9-21-18(24)15-14-16(15)19(25)23-12-10-22(11-13-23)17-7-4-6-8-20-17/h4,6-8,15-16H,2-3,5,9-14H2,1H3,(H,21,24). The van der Waals surface area contributed by atoms with E-state index in [0.29, 0.717) is 19.5 Å². The third-order valence-corrected chi connectivity index (χ3v) is 5.09. The fraction of sp³-hybridized carbons (Fsp3) is 0.632. The Kier molecular flexibility index (Phi) is 5.89. The lowest BCUT2D eigenvalue weighted by atomic mass is 10.2. The van der Waals surface area contributed by atoms with Crippen molar-refractivity contribution in [2.45, 2.75) is 32.6 Å². The first-order valence-corrected chi connectivity index (χ1v) is 9.43. The van der Waals surface area contributed by atoms with E-state index in [4.69, 9.17) is 0 Å². The number of carbonyl (C=O) groups is 2. The topological polar surface area (TPSA) is 65.5 Å². The number of carbonyl (C=O) groups excluding carboxylic acids is 2. The summed E-state index contributed by atoms with van der Waals surface area (Å²) in [6, 6.07) is 5.88. The van der Waals surface area contributed by atoms with Gasteiger partial charge in [-0.2, -0.15) is 0 Å². The minimum Gasteiger partial charge on any atom is -0.356 e. The summed E-state index contributed by atoms with van der Waals surface area (Å²) >= 11 is 0. The average Bonchev–Trinajstić information content (AvgIpc) is 3.46. The number of hydrogen-bond acceptors (Lipinski definition) is 4. The van der Waals surface area contributed by atoms with E-state index in [2.05, 4.69) is 22.1 Å². The molecule has 0 spiro atoms. The van der Waals surface area contributed by atoms with Crippen LogP contribution >= 0.6 is 0 Å². The first-order chi connectivity index (χ1) is 12.2. The second kappa shape index (κ2) is 8.32. The minimum absolute atomic E-state index is 0.0570. The van der Waals surface area contributed by atoms with E-state index in [1.54, 1.807) is 6.20 Å². The lowest BCUT2D eigenvalue weighted by Gasteiger charge is -2.35. The maximum absolute atomic E-state index is 12.6. The summed E-state index contributed by atoms with van der Waals surface area (Å²) in [5, 5.41) is 2.97. The molecule has 6 nitrogen and oxygen atoms in total. The van der Waals surface area contributed by atoms with Gasteiger partial charge in [0.1, 0.15) is 5.82 Å². The number of piperazine rings is 1. The van der Waals surface area contributed by atoms with Gasteiger partial charge in [0.2, 0.25) is 11.8 Å². The van der Waals surface area contributed by atoms with Gasteiger partial charge < -0.3 is 15.1 Å². The van der Waals surface area contributed by atoms with Gasteiger partial charge in [-0.3, -0.25) is 9.59 Å². The van der Waals surface area contributed by atoms with Gasteiger partial charge in [0.25, 0.3) is 0 Å². The van der Waals surface area contributed by atoms with E-state index in [9.17, 15) is 9.59 Å². The largest absolute Gasteiger partial charge is 0.356 e. The molecule has 1 saturated carbocycles. The first kappa shape index (κ1) is 17.7. The molecule has 0 bridgehead atoms. The molecule has 0 aromatic carbocycles. The summed E-state index contributed by atoms with van der Waals surface area (Å²) in [5.41, 5.74) is 0. The van der Waals surface area contributed by atoms with Gasteiger partial charge in [0.15, 0.2) is 0 Å². The molecule has 2 unspecified atom stereocenters. The molecule has 1 aromatic rings. The van der Waals surface area contributed by atoms with Gasteiger partial charge in [0, 0.05) is 38.9 Å². The summed E-state index contributed by atoms with van der Waals surface area (Å²) in [6.07, 6.45) is 5.79. The predicted molar refractivity (Wildman–Crippen MR) is 97.2 cm³/mol. The third kappa shape index (κ3) is 4.50. The zero-order valence-corrected chi connectivity index (χ0v) is 15.0. The number of hydrogen-bond donors (Lipinski definition) is 1. The Balaban J connectivity index is 1.41. The second-order valence-corrected chi connectivity index (χ2v) is 6.95. The van der Waals surface area contributed by atoms with Crippen molar-refractivity contribution >= 4 is 17.6 Å². The van der Waals surface area contributed by atoms with Crippen LogP contribution in [0.25, 0.3) is 0 Å². The smallest absolute Gasteiger partial charge is 0.226 e. The number of amides is 2. The minimum atomic E-state index is -0.108. The highest BCUT2D eigenvalue weighted by Gasteiger charge is 2.49. The maximum atomic E-state index is 12.6. The van der Waals surface area contributed by atoms with Crippen molar-refractivity contribution in [1.82, 2.24) is 15.2 Å². The summed E-state index contributed by atoms with van der Waals surface area (Å²) in [4.78, 5) is 33.2. The molecule has 25 heavy (non-hydrogen) atoms. The monoisotopic (exact) mass is 344 g/mol. The normalized spacial score (nSPS) is 22.6. The summed E-state index contributed by atoms with van der Waals surface area (Å²) in [5.74, 6) is 0.955. The quantitative estimate of drug-likeness (QED) is 0.764. The van der Waals surface area contributed by atoms with Gasteiger partial charge in [-0.15, -0.1) is 0 Å². The molecule has 1 aromatic heterocycles. The van der Waals surface area contributed by atoms with Crippen LogP contribution in [-0.2, 0) is 9.59 Å². The van der Waals surface area contributed by atoms with Gasteiger partial charge in [-0.1, -0.05) is 25.8 Å². The fourth-order valence-corrected chi connectivity index (χ4v) is 3.41. The number of nitrogens with one attached hydrogen (secondary N) is 1. The molecule has 3 rings (SSSR count). The van der Waals surface area contributed by atoms with Crippen LogP contribution in [0.5, 0.6) is 0 Å². The van der Waals surface area contributed by atoms with Crippen molar-refractivity contribution < 1.29 is 9.59 Å². The van der Waals surface area contributed by atoms with E-state index in [0.717, 1.165) is 44.7 Å². The molecular weight excluding hydrogens is 316 g/mol. The van der Waals surface area contributed by atoms with Crippen LogP contribution in [0.1, 0.15) is 32.6 Å². The second-order valence-electron chi connectivity index (χ2n) is 6.95. The SMILES string of the molecule is CCCCCNC(=O)C1CC1C(=O)N1CCN(c2ccccn2)CC1. The molecule has 136 valence electrons. The van der Waals surface area contributed by atoms with E-state index in [-0.39, 0.29) is 23.7 Å². The van der Waals surface area contributed by atoms with Crippen molar-refractivity contribution in [2.24, 2.45) is 11.8 Å². The van der Waals surface area contributed by atoms with Crippen LogP contribution in [0.3, 0.4) is 0 Å². The van der Waals surface area contributed by atoms with Crippen LogP contribution in [0.4, 0.5) is 5.82 Å². The Bertz CT molecular complexity index is 584. The van der Waals surface area contributed by atoms with Crippen molar-refractivity contribution in [3.05, 3.63) is 24.4 Å². The Morgan fingerprint density at radius 1 is 1.16 bits per heavy atom. The molecule has 2 heterocycles.